The second-order valence-corrected chi connectivity index (χ2v) is 5.10. The second kappa shape index (κ2) is 6.62. The van der Waals surface area contributed by atoms with Crippen molar-refractivity contribution in [2.75, 3.05) is 6.61 Å². The number of hydrogen-bond donors (Lipinski definition) is 1. The molecule has 6 heteroatoms. The van der Waals surface area contributed by atoms with Crippen molar-refractivity contribution in [1.82, 2.24) is 9.36 Å². The van der Waals surface area contributed by atoms with Crippen molar-refractivity contribution < 1.29 is 9.53 Å². The minimum absolute atomic E-state index is 0.161. The predicted octanol–water partition coefficient (Wildman–Crippen LogP) is 0.917. The first-order chi connectivity index (χ1) is 10.5. The number of para-hydroxylation sites is 1. The Kier molecular flexibility index (Phi) is 4.82. The zero-order valence-corrected chi connectivity index (χ0v) is 13.1. The number of nitrogens with zero attached hydrogens (tertiary/aromatic N) is 2. The number of nitrogens with two attached hydrogens (primary N) is 1. The van der Waals surface area contributed by atoms with Gasteiger partial charge in [-0.2, -0.15) is 0 Å². The number of rotatable bonds is 5. The Morgan fingerprint density at radius 3 is 2.55 bits per heavy atom. The molecule has 0 fully saturated rings. The van der Waals surface area contributed by atoms with Gasteiger partial charge < -0.3 is 10.5 Å². The van der Waals surface area contributed by atoms with Gasteiger partial charge in [0.1, 0.15) is 6.04 Å². The van der Waals surface area contributed by atoms with Gasteiger partial charge in [-0.15, -0.1) is 0 Å². The summed E-state index contributed by atoms with van der Waals surface area (Å²) in [5, 5.41) is 0. The van der Waals surface area contributed by atoms with Gasteiger partial charge in [-0.25, -0.2) is 4.68 Å². The van der Waals surface area contributed by atoms with Crippen LogP contribution in [-0.2, 0) is 23.0 Å². The van der Waals surface area contributed by atoms with Gasteiger partial charge in [-0.1, -0.05) is 18.2 Å². The van der Waals surface area contributed by atoms with Crippen LogP contribution in [0.4, 0.5) is 0 Å². The summed E-state index contributed by atoms with van der Waals surface area (Å²) in [6, 6.07) is 8.51. The highest BCUT2D eigenvalue weighted by atomic mass is 16.5. The normalized spacial score (nSPS) is 12.2. The molecule has 0 spiro atoms. The number of ether oxygens (including phenoxy) is 1. The van der Waals surface area contributed by atoms with Crippen LogP contribution < -0.4 is 11.3 Å². The molecule has 1 aromatic carbocycles. The number of carbonyl (C=O) groups is 1. The van der Waals surface area contributed by atoms with E-state index in [-0.39, 0.29) is 18.6 Å². The van der Waals surface area contributed by atoms with Crippen molar-refractivity contribution in [2.24, 2.45) is 12.8 Å². The van der Waals surface area contributed by atoms with Crippen molar-refractivity contribution >= 4 is 5.97 Å². The maximum atomic E-state index is 12.7. The molecule has 0 saturated carbocycles. The van der Waals surface area contributed by atoms with Crippen LogP contribution in [0.25, 0.3) is 5.69 Å². The first-order valence-corrected chi connectivity index (χ1v) is 7.22. The highest BCUT2D eigenvalue weighted by molar-refractivity contribution is 5.75. The Morgan fingerprint density at radius 2 is 1.95 bits per heavy atom. The van der Waals surface area contributed by atoms with Crippen LogP contribution >= 0.6 is 0 Å². The Labute approximate surface area is 129 Å². The molecule has 0 aliphatic carbocycles. The zero-order valence-electron chi connectivity index (χ0n) is 13.1. The topological polar surface area (TPSA) is 79.2 Å². The lowest BCUT2D eigenvalue weighted by Gasteiger charge is -2.09. The quantitative estimate of drug-likeness (QED) is 0.833. The van der Waals surface area contributed by atoms with E-state index < -0.39 is 12.0 Å². The van der Waals surface area contributed by atoms with Crippen LogP contribution in [0.5, 0.6) is 0 Å². The van der Waals surface area contributed by atoms with Gasteiger partial charge in [0.15, 0.2) is 0 Å². The number of benzene rings is 1. The Balaban J connectivity index is 2.39. The third kappa shape index (κ3) is 2.96. The van der Waals surface area contributed by atoms with Crippen LogP contribution in [0.3, 0.4) is 0 Å². The van der Waals surface area contributed by atoms with Gasteiger partial charge in [0.2, 0.25) is 0 Å². The summed E-state index contributed by atoms with van der Waals surface area (Å²) in [5.41, 5.74) is 7.77. The monoisotopic (exact) mass is 303 g/mol. The molecular weight excluding hydrogens is 282 g/mol. The molecule has 0 bridgehead atoms. The molecule has 0 radical (unpaired) electrons. The Bertz CT molecular complexity index is 716. The van der Waals surface area contributed by atoms with Gasteiger partial charge in [-0.3, -0.25) is 14.3 Å². The summed E-state index contributed by atoms with van der Waals surface area (Å²) in [6.45, 7) is 3.84. The maximum absolute atomic E-state index is 12.7. The summed E-state index contributed by atoms with van der Waals surface area (Å²) in [7, 11) is 1.81. The fraction of sp³-hybridized carbons (Fsp3) is 0.375. The van der Waals surface area contributed by atoms with Gasteiger partial charge >= 0.3 is 5.97 Å². The largest absolute Gasteiger partial charge is 0.465 e. The average Bonchev–Trinajstić information content (AvgIpc) is 2.72. The van der Waals surface area contributed by atoms with Crippen LogP contribution in [0.2, 0.25) is 0 Å². The summed E-state index contributed by atoms with van der Waals surface area (Å²) in [4.78, 5) is 24.3. The number of carbonyl (C=O) groups excluding carboxylic acids is 1. The molecule has 1 heterocycles. The van der Waals surface area contributed by atoms with Crippen LogP contribution in [0.1, 0.15) is 18.2 Å². The minimum atomic E-state index is -0.835. The summed E-state index contributed by atoms with van der Waals surface area (Å²) < 4.78 is 8.24. The fourth-order valence-electron chi connectivity index (χ4n) is 2.41. The Hall–Kier alpha value is -2.34. The van der Waals surface area contributed by atoms with Gasteiger partial charge in [0, 0.05) is 24.7 Å². The first-order valence-electron chi connectivity index (χ1n) is 7.22. The van der Waals surface area contributed by atoms with E-state index in [1.54, 1.807) is 16.3 Å². The summed E-state index contributed by atoms with van der Waals surface area (Å²) in [6.07, 6.45) is 0.164. The fourth-order valence-corrected chi connectivity index (χ4v) is 2.41. The third-order valence-electron chi connectivity index (χ3n) is 3.69. The molecule has 2 aromatic rings. The molecule has 2 N–H and O–H groups in total. The smallest absolute Gasteiger partial charge is 0.323 e. The number of hydrogen-bond acceptors (Lipinski definition) is 4. The van der Waals surface area contributed by atoms with E-state index in [0.717, 1.165) is 11.4 Å². The van der Waals surface area contributed by atoms with Gasteiger partial charge in [-0.05, 0) is 26.0 Å². The molecule has 0 amide bonds. The van der Waals surface area contributed by atoms with Crippen molar-refractivity contribution in [2.45, 2.75) is 26.3 Å². The van der Waals surface area contributed by atoms with E-state index in [0.29, 0.717) is 5.56 Å². The average molecular weight is 303 g/mol. The van der Waals surface area contributed by atoms with E-state index in [9.17, 15) is 9.59 Å². The SMILES string of the molecule is CCOC(=O)C(N)Cc1c(C)n(C)n(-c2ccccc2)c1=O. The van der Waals surface area contributed by atoms with Crippen molar-refractivity contribution in [3.05, 3.63) is 51.9 Å². The number of aromatic nitrogens is 2. The van der Waals surface area contributed by atoms with E-state index in [2.05, 4.69) is 0 Å². The first kappa shape index (κ1) is 16.0. The maximum Gasteiger partial charge on any atom is 0.323 e. The molecule has 1 atom stereocenters. The van der Waals surface area contributed by atoms with E-state index in [1.807, 2.05) is 44.3 Å². The minimum Gasteiger partial charge on any atom is -0.465 e. The van der Waals surface area contributed by atoms with Crippen LogP contribution in [0, 0.1) is 6.92 Å². The molecule has 0 saturated heterocycles. The highest BCUT2D eigenvalue weighted by Gasteiger charge is 2.22. The lowest BCUT2D eigenvalue weighted by Crippen LogP contribution is -2.36. The molecule has 1 unspecified atom stereocenters. The van der Waals surface area contributed by atoms with Crippen LogP contribution in [-0.4, -0.2) is 28.0 Å². The van der Waals surface area contributed by atoms with E-state index in [4.69, 9.17) is 10.5 Å². The summed E-state index contributed by atoms with van der Waals surface area (Å²) >= 11 is 0. The zero-order chi connectivity index (χ0) is 16.3. The van der Waals surface area contributed by atoms with E-state index in [1.165, 1.54) is 0 Å². The molecule has 1 aromatic heterocycles. The lowest BCUT2D eigenvalue weighted by atomic mass is 10.1. The van der Waals surface area contributed by atoms with E-state index >= 15 is 0 Å². The van der Waals surface area contributed by atoms with Crippen LogP contribution in [0.15, 0.2) is 35.1 Å². The molecule has 0 aliphatic heterocycles. The van der Waals surface area contributed by atoms with Crippen molar-refractivity contribution in [3.8, 4) is 5.69 Å². The molecule has 2 rings (SSSR count). The molecule has 6 nitrogen and oxygen atoms in total. The van der Waals surface area contributed by atoms with Gasteiger partial charge in [0.05, 0.1) is 12.3 Å². The predicted molar refractivity (Wildman–Crippen MR) is 84.1 cm³/mol. The van der Waals surface area contributed by atoms with Gasteiger partial charge in [0.25, 0.3) is 5.56 Å². The molecular formula is C16H21N3O3. The van der Waals surface area contributed by atoms with Crippen molar-refractivity contribution in [3.63, 3.8) is 0 Å². The molecule has 118 valence electrons. The van der Waals surface area contributed by atoms with Crippen molar-refractivity contribution in [1.29, 1.82) is 0 Å². The standard InChI is InChI=1S/C16H21N3O3/c1-4-22-16(21)14(17)10-13-11(2)18(3)19(15(13)20)12-8-6-5-7-9-12/h5-9,14H,4,10,17H2,1-3H3. The highest BCUT2D eigenvalue weighted by Crippen LogP contribution is 2.11. The second-order valence-electron chi connectivity index (χ2n) is 5.10. The third-order valence-corrected chi connectivity index (χ3v) is 3.69. The molecule has 0 aliphatic rings. The number of esters is 1. The lowest BCUT2D eigenvalue weighted by molar-refractivity contribution is -0.144. The summed E-state index contributed by atoms with van der Waals surface area (Å²) in [5.74, 6) is -0.489. The molecule has 22 heavy (non-hydrogen) atoms. The Morgan fingerprint density at radius 1 is 1.32 bits per heavy atom.